The second kappa shape index (κ2) is 2.97. The largest absolute Gasteiger partial charge is 0.305 e. The number of rotatable bonds is 1. The van der Waals surface area contributed by atoms with E-state index >= 15 is 0 Å². The van der Waals surface area contributed by atoms with E-state index < -0.39 is 0 Å². The van der Waals surface area contributed by atoms with Crippen molar-refractivity contribution in [3.05, 3.63) is 12.2 Å². The molecule has 2 nitrogen and oxygen atoms in total. The lowest BCUT2D eigenvalue weighted by molar-refractivity contribution is 0.314. The van der Waals surface area contributed by atoms with Gasteiger partial charge in [-0.3, -0.25) is 4.90 Å². The van der Waals surface area contributed by atoms with Gasteiger partial charge >= 0.3 is 0 Å². The Hall–Kier alpha value is -0.630. The van der Waals surface area contributed by atoms with E-state index in [1.165, 1.54) is 0 Å². The minimum atomic E-state index is 0.740. The van der Waals surface area contributed by atoms with Crippen LogP contribution in [0.2, 0.25) is 0 Å². The predicted molar refractivity (Wildman–Crippen MR) is 43.6 cm³/mol. The van der Waals surface area contributed by atoms with Crippen LogP contribution in [-0.4, -0.2) is 30.2 Å². The molecule has 0 aromatic carbocycles. The molecule has 1 saturated heterocycles. The van der Waals surface area contributed by atoms with Gasteiger partial charge in [-0.15, -0.1) is 0 Å². The third-order valence-electron chi connectivity index (χ3n) is 1.97. The van der Waals surface area contributed by atoms with Crippen molar-refractivity contribution in [1.82, 2.24) is 4.90 Å². The first-order valence-electron chi connectivity index (χ1n) is 3.72. The molecule has 0 saturated carbocycles. The van der Waals surface area contributed by atoms with E-state index in [0.717, 1.165) is 37.3 Å². The zero-order valence-corrected chi connectivity index (χ0v) is 6.48. The summed E-state index contributed by atoms with van der Waals surface area (Å²) in [6, 6.07) is 0. The van der Waals surface area contributed by atoms with E-state index in [4.69, 9.17) is 5.41 Å². The van der Waals surface area contributed by atoms with Crippen molar-refractivity contribution >= 4 is 5.71 Å². The van der Waals surface area contributed by atoms with Crippen LogP contribution < -0.4 is 0 Å². The van der Waals surface area contributed by atoms with Gasteiger partial charge in [0.15, 0.2) is 0 Å². The first-order chi connectivity index (χ1) is 4.74. The lowest BCUT2D eigenvalue weighted by Gasteiger charge is -2.26. The highest BCUT2D eigenvalue weighted by atomic mass is 15.1. The van der Waals surface area contributed by atoms with Crippen molar-refractivity contribution in [2.45, 2.75) is 13.3 Å². The molecule has 1 rings (SSSR count). The summed E-state index contributed by atoms with van der Waals surface area (Å²) in [5.41, 5.74) is 1.73. The van der Waals surface area contributed by atoms with E-state index in [1.807, 2.05) is 0 Å². The number of hydrogen-bond donors (Lipinski definition) is 1. The van der Waals surface area contributed by atoms with Crippen molar-refractivity contribution in [3.8, 4) is 0 Å². The molecule has 56 valence electrons. The van der Waals surface area contributed by atoms with Crippen molar-refractivity contribution in [2.24, 2.45) is 0 Å². The van der Waals surface area contributed by atoms with Gasteiger partial charge < -0.3 is 5.41 Å². The van der Waals surface area contributed by atoms with Crippen LogP contribution in [0.4, 0.5) is 0 Å². The maximum atomic E-state index is 7.43. The summed E-state index contributed by atoms with van der Waals surface area (Å²) in [5, 5.41) is 7.43. The van der Waals surface area contributed by atoms with Gasteiger partial charge in [-0.05, 0) is 12.1 Å². The van der Waals surface area contributed by atoms with E-state index in [-0.39, 0.29) is 0 Å². The molecule has 0 unspecified atom stereocenters. The number of nitrogens with one attached hydrogen (secondary N) is 1. The van der Waals surface area contributed by atoms with Crippen molar-refractivity contribution in [2.75, 3.05) is 19.6 Å². The van der Waals surface area contributed by atoms with Crippen LogP contribution in [0.15, 0.2) is 12.2 Å². The number of hydrogen-bond acceptors (Lipinski definition) is 2. The third kappa shape index (κ3) is 1.45. The van der Waals surface area contributed by atoms with Crippen LogP contribution in [0.5, 0.6) is 0 Å². The fourth-order valence-corrected chi connectivity index (χ4v) is 1.16. The quantitative estimate of drug-likeness (QED) is 0.580. The van der Waals surface area contributed by atoms with Crippen molar-refractivity contribution in [3.63, 3.8) is 0 Å². The van der Waals surface area contributed by atoms with E-state index in [0.29, 0.717) is 0 Å². The number of piperidine rings is 1. The molecule has 1 heterocycles. The molecule has 1 aliphatic heterocycles. The topological polar surface area (TPSA) is 27.1 Å². The summed E-state index contributed by atoms with van der Waals surface area (Å²) in [4.78, 5) is 2.31. The molecule has 0 atom stereocenters. The first kappa shape index (κ1) is 7.48. The van der Waals surface area contributed by atoms with E-state index in [1.54, 1.807) is 0 Å². The molecule has 1 fully saturated rings. The predicted octanol–water partition coefficient (Wildman–Crippen LogP) is 1.29. The standard InChI is InChI=1S/C8H14N2/c1-3-10-5-4-8(9)7(2)6-10/h9H,2-6H2,1H3. The van der Waals surface area contributed by atoms with Crippen molar-refractivity contribution in [1.29, 1.82) is 5.41 Å². The summed E-state index contributed by atoms with van der Waals surface area (Å²) in [6.07, 6.45) is 0.882. The van der Waals surface area contributed by atoms with E-state index in [9.17, 15) is 0 Å². The minimum Gasteiger partial charge on any atom is -0.305 e. The summed E-state index contributed by atoms with van der Waals surface area (Å²) in [6.45, 7) is 8.98. The second-order valence-corrected chi connectivity index (χ2v) is 2.70. The molecular formula is C8H14N2. The Kier molecular flexibility index (Phi) is 2.22. The first-order valence-corrected chi connectivity index (χ1v) is 3.72. The maximum Gasteiger partial charge on any atom is 0.0365 e. The second-order valence-electron chi connectivity index (χ2n) is 2.70. The number of likely N-dealkylation sites (tertiary alicyclic amines) is 1. The van der Waals surface area contributed by atoms with Gasteiger partial charge in [-0.25, -0.2) is 0 Å². The summed E-state index contributed by atoms with van der Waals surface area (Å²) in [7, 11) is 0. The monoisotopic (exact) mass is 138 g/mol. The van der Waals surface area contributed by atoms with Gasteiger partial charge in [-0.1, -0.05) is 13.5 Å². The summed E-state index contributed by atoms with van der Waals surface area (Å²) < 4.78 is 0. The average Bonchev–Trinajstić information content (AvgIpc) is 1.95. The van der Waals surface area contributed by atoms with Gasteiger partial charge in [0.2, 0.25) is 0 Å². The van der Waals surface area contributed by atoms with Gasteiger partial charge in [0.1, 0.15) is 0 Å². The Morgan fingerprint density at radius 1 is 1.70 bits per heavy atom. The van der Waals surface area contributed by atoms with Crippen LogP contribution in [0.1, 0.15) is 13.3 Å². The Labute approximate surface area is 62.0 Å². The molecule has 0 amide bonds. The maximum absolute atomic E-state index is 7.43. The zero-order valence-electron chi connectivity index (χ0n) is 6.48. The smallest absolute Gasteiger partial charge is 0.0365 e. The average molecular weight is 138 g/mol. The highest BCUT2D eigenvalue weighted by Gasteiger charge is 2.14. The van der Waals surface area contributed by atoms with Crippen LogP contribution in [0.25, 0.3) is 0 Å². The lowest BCUT2D eigenvalue weighted by atomic mass is 10.0. The Bertz CT molecular complexity index is 161. The zero-order chi connectivity index (χ0) is 7.56. The molecule has 10 heavy (non-hydrogen) atoms. The Balaban J connectivity index is 2.48. The molecule has 0 aromatic heterocycles. The summed E-state index contributed by atoms with van der Waals surface area (Å²) in [5.74, 6) is 0. The Morgan fingerprint density at radius 2 is 2.40 bits per heavy atom. The van der Waals surface area contributed by atoms with Gasteiger partial charge in [0, 0.05) is 25.2 Å². The van der Waals surface area contributed by atoms with Crippen LogP contribution in [-0.2, 0) is 0 Å². The van der Waals surface area contributed by atoms with Crippen molar-refractivity contribution < 1.29 is 0 Å². The molecule has 0 aliphatic carbocycles. The van der Waals surface area contributed by atoms with Gasteiger partial charge in [0.25, 0.3) is 0 Å². The SMILES string of the molecule is C=C1CN(CC)CCC1=N. The minimum absolute atomic E-state index is 0.740. The molecular weight excluding hydrogens is 124 g/mol. The lowest BCUT2D eigenvalue weighted by Crippen LogP contribution is -2.34. The molecule has 1 aliphatic rings. The molecule has 0 bridgehead atoms. The number of nitrogens with zero attached hydrogens (tertiary/aromatic N) is 1. The fraction of sp³-hybridized carbons (Fsp3) is 0.625. The number of likely N-dealkylation sites (N-methyl/N-ethyl adjacent to an activating group) is 1. The normalized spacial score (nSPS) is 21.7. The highest BCUT2D eigenvalue weighted by molar-refractivity contribution is 5.98. The molecule has 1 N–H and O–H groups in total. The van der Waals surface area contributed by atoms with Crippen LogP contribution >= 0.6 is 0 Å². The highest BCUT2D eigenvalue weighted by Crippen LogP contribution is 2.09. The third-order valence-corrected chi connectivity index (χ3v) is 1.97. The Morgan fingerprint density at radius 3 is 2.90 bits per heavy atom. The summed E-state index contributed by atoms with van der Waals surface area (Å²) >= 11 is 0. The van der Waals surface area contributed by atoms with Crippen LogP contribution in [0, 0.1) is 5.41 Å². The molecule has 0 radical (unpaired) electrons. The van der Waals surface area contributed by atoms with Crippen LogP contribution in [0.3, 0.4) is 0 Å². The van der Waals surface area contributed by atoms with Gasteiger partial charge in [0.05, 0.1) is 0 Å². The molecule has 0 spiro atoms. The fourth-order valence-electron chi connectivity index (χ4n) is 1.16. The molecule has 0 aromatic rings. The molecule has 2 heteroatoms. The van der Waals surface area contributed by atoms with E-state index in [2.05, 4.69) is 18.4 Å². The van der Waals surface area contributed by atoms with Gasteiger partial charge in [-0.2, -0.15) is 0 Å².